The third-order valence-corrected chi connectivity index (χ3v) is 7.08. The first-order valence-corrected chi connectivity index (χ1v) is 14.1. The number of allylic oxidation sites excluding steroid dienone is 5. The number of fused-ring (bicyclic) bond motifs is 2. The van der Waals surface area contributed by atoms with Gasteiger partial charge >= 0.3 is 23.9 Å². The number of carbonyl (C=O) groups excluding carboxylic acids is 1. The van der Waals surface area contributed by atoms with Crippen molar-refractivity contribution in [2.75, 3.05) is 57.4 Å². The summed E-state index contributed by atoms with van der Waals surface area (Å²) >= 11 is 0. The molecule has 0 spiro atoms. The molecule has 2 aliphatic carbocycles. The Hall–Kier alpha value is -5.47. The second-order valence-corrected chi connectivity index (χ2v) is 10.5. The summed E-state index contributed by atoms with van der Waals surface area (Å²) in [5.74, 6) is -4.85. The van der Waals surface area contributed by atoms with Crippen molar-refractivity contribution in [1.29, 1.82) is 0 Å². The number of carboxylic acid groups (broad SMARTS) is 4. The summed E-state index contributed by atoms with van der Waals surface area (Å²) in [5, 5.41) is 47.1. The molecule has 2 aromatic carbocycles. The number of aliphatic carboxylic acids is 4. The van der Waals surface area contributed by atoms with E-state index in [0.717, 1.165) is 32.7 Å². The number of carboxylic acids is 4. The number of benzene rings is 2. The van der Waals surface area contributed by atoms with Crippen molar-refractivity contribution >= 4 is 40.9 Å². The summed E-state index contributed by atoms with van der Waals surface area (Å²) in [6.45, 7) is -2.27. The number of phenolic OH excluding ortho intramolecular Hbond substituents is 1. The predicted octanol–water partition coefficient (Wildman–Crippen LogP) is 1.66. The van der Waals surface area contributed by atoms with E-state index in [0.29, 0.717) is 12.0 Å². The van der Waals surface area contributed by atoms with Gasteiger partial charge in [-0.1, -0.05) is 18.2 Å². The van der Waals surface area contributed by atoms with Gasteiger partial charge in [0.05, 0.1) is 32.0 Å². The van der Waals surface area contributed by atoms with E-state index >= 15 is 0 Å². The molecule has 0 heterocycles. The van der Waals surface area contributed by atoms with Crippen molar-refractivity contribution in [2.24, 2.45) is 0 Å². The molecular weight excluding hydrogens is 604 g/mol. The molecule has 0 bridgehead atoms. The summed E-state index contributed by atoms with van der Waals surface area (Å²) in [6, 6.07) is 9.81. The minimum Gasteiger partial charge on any atom is -0.508 e. The molecule has 2 aromatic rings. The van der Waals surface area contributed by atoms with Gasteiger partial charge in [0.1, 0.15) is 31.2 Å². The lowest BCUT2D eigenvalue weighted by atomic mass is 9.77. The highest BCUT2D eigenvalue weighted by Gasteiger charge is 2.27. The minimum atomic E-state index is -1.26. The number of carbonyl (C=O) groups is 5. The summed E-state index contributed by atoms with van der Waals surface area (Å²) < 4.78 is 11.5. The molecule has 0 aliphatic heterocycles. The molecule has 0 saturated heterocycles. The highest BCUT2D eigenvalue weighted by Crippen LogP contribution is 2.43. The quantitative estimate of drug-likeness (QED) is 0.156. The Kier molecular flexibility index (Phi) is 10.9. The molecule has 0 saturated carbocycles. The second kappa shape index (κ2) is 15.0. The van der Waals surface area contributed by atoms with Gasteiger partial charge in [-0.2, -0.15) is 0 Å². The van der Waals surface area contributed by atoms with Crippen molar-refractivity contribution in [3.63, 3.8) is 0 Å². The standard InChI is InChI=1S/C32H32N2O12/c35-22-2-4-24-20(12-22)11-21-13-23(36)3-5-25(21)32(24)19-1-6-26(34(17-30(41)42)18-31(43)44)27(14-19)46-10-9-45-8-7-33(15-28(37)38)16-29(39)40/h1-6,12-14,35H,7-11,15-18H2,(H,37,38)(H,39,40)(H,41,42)(H,43,44). The number of anilines is 1. The Balaban J connectivity index is 1.64. The maximum Gasteiger partial charge on any atom is 0.323 e. The van der Waals surface area contributed by atoms with Crippen molar-refractivity contribution in [3.05, 3.63) is 82.5 Å². The third kappa shape index (κ3) is 8.80. The second-order valence-electron chi connectivity index (χ2n) is 10.5. The summed E-state index contributed by atoms with van der Waals surface area (Å²) in [4.78, 5) is 59.8. The van der Waals surface area contributed by atoms with Gasteiger partial charge in [0.15, 0.2) is 5.78 Å². The maximum atomic E-state index is 12.2. The summed E-state index contributed by atoms with van der Waals surface area (Å²) in [5.41, 5.74) is 4.65. The van der Waals surface area contributed by atoms with E-state index in [1.807, 2.05) is 0 Å². The van der Waals surface area contributed by atoms with Crippen LogP contribution in [0.15, 0.2) is 65.8 Å². The Morgan fingerprint density at radius 3 is 2.11 bits per heavy atom. The van der Waals surface area contributed by atoms with E-state index in [9.17, 15) is 39.3 Å². The van der Waals surface area contributed by atoms with Crippen LogP contribution in [0.4, 0.5) is 5.69 Å². The van der Waals surface area contributed by atoms with Crippen LogP contribution in [0.2, 0.25) is 0 Å². The number of phenols is 1. The number of aromatic hydroxyl groups is 1. The zero-order valence-corrected chi connectivity index (χ0v) is 24.5. The molecule has 14 heteroatoms. The molecule has 46 heavy (non-hydrogen) atoms. The smallest absolute Gasteiger partial charge is 0.323 e. The van der Waals surface area contributed by atoms with Crippen molar-refractivity contribution in [2.45, 2.75) is 6.42 Å². The van der Waals surface area contributed by atoms with Gasteiger partial charge in [-0.25, -0.2) is 0 Å². The maximum absolute atomic E-state index is 12.2. The Bertz CT molecular complexity index is 1610. The van der Waals surface area contributed by atoms with E-state index in [1.165, 1.54) is 17.1 Å². The SMILES string of the molecule is O=C1C=CC2=C(c3ccc(N(CC(=O)O)CC(=O)O)c(OCCOCCN(CC(=O)O)CC(=O)O)c3)c3ccc(O)cc3CC2=C1. The number of ether oxygens (including phenoxy) is 2. The van der Waals surface area contributed by atoms with Crippen molar-refractivity contribution < 1.29 is 59.0 Å². The van der Waals surface area contributed by atoms with Crippen molar-refractivity contribution in [1.82, 2.24) is 4.90 Å². The normalized spacial score (nSPS) is 13.6. The van der Waals surface area contributed by atoms with Crippen LogP contribution < -0.4 is 9.64 Å². The van der Waals surface area contributed by atoms with Crippen LogP contribution in [0.5, 0.6) is 11.5 Å². The van der Waals surface area contributed by atoms with E-state index in [-0.39, 0.29) is 49.3 Å². The average molecular weight is 637 g/mol. The topological polar surface area (TPSA) is 211 Å². The Morgan fingerprint density at radius 2 is 1.46 bits per heavy atom. The van der Waals surface area contributed by atoms with Gasteiger partial charge in [0, 0.05) is 6.54 Å². The number of nitrogens with zero attached hydrogens (tertiary/aromatic N) is 2. The first kappa shape index (κ1) is 33.4. The third-order valence-electron chi connectivity index (χ3n) is 7.08. The molecule has 0 fully saturated rings. The number of ketones is 1. The number of hydrogen-bond donors (Lipinski definition) is 5. The lowest BCUT2D eigenvalue weighted by Crippen LogP contribution is -2.37. The van der Waals surface area contributed by atoms with E-state index in [2.05, 4.69) is 0 Å². The van der Waals surface area contributed by atoms with Crippen LogP contribution in [0.1, 0.15) is 16.7 Å². The first-order chi connectivity index (χ1) is 21.9. The molecule has 0 amide bonds. The molecule has 242 valence electrons. The fourth-order valence-corrected chi connectivity index (χ4v) is 5.29. The van der Waals surface area contributed by atoms with Gasteiger partial charge in [-0.05, 0) is 76.2 Å². The van der Waals surface area contributed by atoms with E-state index in [1.54, 1.807) is 42.5 Å². The molecule has 14 nitrogen and oxygen atoms in total. The lowest BCUT2D eigenvalue weighted by Gasteiger charge is -2.28. The fourth-order valence-electron chi connectivity index (χ4n) is 5.29. The van der Waals surface area contributed by atoms with Crippen LogP contribution >= 0.6 is 0 Å². The molecule has 4 rings (SSSR count). The van der Waals surface area contributed by atoms with Gasteiger partial charge in [0.25, 0.3) is 0 Å². The van der Waals surface area contributed by atoms with Crippen molar-refractivity contribution in [3.8, 4) is 11.5 Å². The van der Waals surface area contributed by atoms with Gasteiger partial charge < -0.3 is 39.9 Å². The molecule has 2 aliphatic rings. The van der Waals surface area contributed by atoms with E-state index in [4.69, 9.17) is 19.7 Å². The highest BCUT2D eigenvalue weighted by atomic mass is 16.5. The fraction of sp³-hybridized carbons (Fsp3) is 0.281. The molecule has 0 atom stereocenters. The van der Waals surface area contributed by atoms with Crippen LogP contribution in [0.25, 0.3) is 5.57 Å². The predicted molar refractivity (Wildman–Crippen MR) is 162 cm³/mol. The zero-order valence-electron chi connectivity index (χ0n) is 24.5. The van der Waals surface area contributed by atoms with Crippen LogP contribution in [0.3, 0.4) is 0 Å². The molecule has 0 unspecified atom stereocenters. The van der Waals surface area contributed by atoms with Crippen LogP contribution in [-0.2, 0) is 35.1 Å². The van der Waals surface area contributed by atoms with Crippen LogP contribution in [0, 0.1) is 0 Å². The molecule has 0 aromatic heterocycles. The molecule has 5 N–H and O–H groups in total. The zero-order chi connectivity index (χ0) is 33.4. The summed E-state index contributed by atoms with van der Waals surface area (Å²) in [6.07, 6.45) is 5.10. The monoisotopic (exact) mass is 636 g/mol. The average Bonchev–Trinajstić information content (AvgIpc) is 2.96. The Morgan fingerprint density at radius 1 is 0.783 bits per heavy atom. The van der Waals surface area contributed by atoms with E-state index < -0.39 is 50.1 Å². The van der Waals surface area contributed by atoms with Gasteiger partial charge in [-0.3, -0.25) is 28.9 Å². The Labute approximate surface area is 262 Å². The van der Waals surface area contributed by atoms with Gasteiger partial charge in [-0.15, -0.1) is 0 Å². The first-order valence-electron chi connectivity index (χ1n) is 14.1. The van der Waals surface area contributed by atoms with Crippen LogP contribution in [-0.4, -0.2) is 113 Å². The lowest BCUT2D eigenvalue weighted by molar-refractivity contribution is -0.142. The number of hydrogen-bond acceptors (Lipinski definition) is 10. The highest BCUT2D eigenvalue weighted by molar-refractivity contribution is 6.05. The summed E-state index contributed by atoms with van der Waals surface area (Å²) in [7, 11) is 0. The van der Waals surface area contributed by atoms with Gasteiger partial charge in [0.2, 0.25) is 0 Å². The minimum absolute atomic E-state index is 0.00100. The molecular formula is C32H32N2O12. The number of rotatable bonds is 17. The largest absolute Gasteiger partial charge is 0.508 e. The molecule has 0 radical (unpaired) electrons.